The first-order chi connectivity index (χ1) is 17.4. The quantitative estimate of drug-likeness (QED) is 0.479. The van der Waals surface area contributed by atoms with E-state index in [0.29, 0.717) is 49.3 Å². The number of rotatable bonds is 4. The molecule has 2 fully saturated rings. The van der Waals surface area contributed by atoms with Crippen LogP contribution in [0.2, 0.25) is 10.0 Å². The molecule has 2 saturated heterocycles. The minimum Gasteiger partial charge on any atom is -0.490 e. The maximum Gasteiger partial charge on any atom is 0.416 e. The summed E-state index contributed by atoms with van der Waals surface area (Å²) in [5.41, 5.74) is 0.0850. The first kappa shape index (κ1) is 27.4. The van der Waals surface area contributed by atoms with Crippen molar-refractivity contribution in [1.82, 2.24) is 14.7 Å². The molecule has 200 valence electrons. The van der Waals surface area contributed by atoms with Gasteiger partial charge < -0.3 is 19.4 Å². The van der Waals surface area contributed by atoms with Crippen LogP contribution < -0.4 is 4.74 Å². The highest BCUT2D eigenvalue weighted by atomic mass is 35.5. The number of amides is 3. The summed E-state index contributed by atoms with van der Waals surface area (Å²) in [4.78, 5) is 30.2. The van der Waals surface area contributed by atoms with Crippen molar-refractivity contribution < 1.29 is 27.5 Å². The number of ether oxygens (including phenoxy) is 1. The Morgan fingerprint density at radius 3 is 2.24 bits per heavy atom. The Kier molecular flexibility index (Phi) is 8.14. The average molecular weight is 558 g/mol. The summed E-state index contributed by atoms with van der Waals surface area (Å²) in [5.74, 6) is -0.291. The molecule has 2 aromatic rings. The summed E-state index contributed by atoms with van der Waals surface area (Å²) in [6.45, 7) is 5.89. The van der Waals surface area contributed by atoms with Gasteiger partial charge in [-0.2, -0.15) is 13.2 Å². The maximum absolute atomic E-state index is 13.4. The van der Waals surface area contributed by atoms with E-state index in [-0.39, 0.29) is 29.5 Å². The number of nitrogens with zero attached hydrogens (tertiary/aromatic N) is 3. The molecule has 0 bridgehead atoms. The molecular formula is C26H28Cl2F3N3O3. The molecule has 0 N–H and O–H groups in total. The molecule has 0 saturated carbocycles. The number of halogens is 5. The maximum atomic E-state index is 13.4. The Balaban J connectivity index is 1.54. The molecule has 2 heterocycles. The molecule has 4 rings (SSSR count). The Bertz CT molecular complexity index is 1160. The van der Waals surface area contributed by atoms with Crippen molar-refractivity contribution in [2.75, 3.05) is 39.3 Å². The number of alkyl halides is 3. The highest BCUT2D eigenvalue weighted by Gasteiger charge is 2.42. The number of carbonyl (C=O) groups excluding carboxylic acids is 2. The van der Waals surface area contributed by atoms with Crippen molar-refractivity contribution in [1.29, 1.82) is 0 Å². The van der Waals surface area contributed by atoms with E-state index in [9.17, 15) is 22.8 Å². The van der Waals surface area contributed by atoms with Crippen molar-refractivity contribution in [3.8, 4) is 5.75 Å². The second kappa shape index (κ2) is 11.0. The minimum absolute atomic E-state index is 0.0198. The van der Waals surface area contributed by atoms with Crippen molar-refractivity contribution in [2.45, 2.75) is 32.0 Å². The van der Waals surface area contributed by atoms with Crippen LogP contribution in [0.1, 0.15) is 30.9 Å². The molecule has 2 aliphatic rings. The number of likely N-dealkylation sites (tertiary alicyclic amines) is 1. The molecule has 11 heteroatoms. The van der Waals surface area contributed by atoms with Gasteiger partial charge in [0.2, 0.25) is 5.91 Å². The predicted molar refractivity (Wildman–Crippen MR) is 135 cm³/mol. The van der Waals surface area contributed by atoms with Gasteiger partial charge in [0.15, 0.2) is 0 Å². The zero-order valence-corrected chi connectivity index (χ0v) is 22.0. The Morgan fingerprint density at radius 2 is 1.62 bits per heavy atom. The van der Waals surface area contributed by atoms with E-state index in [4.69, 9.17) is 27.9 Å². The highest BCUT2D eigenvalue weighted by molar-refractivity contribution is 6.42. The molecule has 3 atom stereocenters. The SMILES string of the molecule is CC(=O)N1CCN(C(=O)N2CC(c3ccc(Cl)c(Cl)c3)C([C@@H](C)Oc3cccc(C(F)(F)F)c3)C2)CC1. The molecule has 3 amide bonds. The van der Waals surface area contributed by atoms with Crippen LogP contribution in [0.3, 0.4) is 0 Å². The molecule has 0 aromatic heterocycles. The second-order valence-electron chi connectivity index (χ2n) is 9.47. The third kappa shape index (κ3) is 6.26. The van der Waals surface area contributed by atoms with Gasteiger partial charge >= 0.3 is 12.2 Å². The number of piperazine rings is 1. The van der Waals surface area contributed by atoms with Crippen LogP contribution in [-0.4, -0.2) is 72.0 Å². The lowest BCUT2D eigenvalue weighted by molar-refractivity contribution is -0.137. The van der Waals surface area contributed by atoms with Crippen LogP contribution >= 0.6 is 23.2 Å². The van der Waals surface area contributed by atoms with Crippen LogP contribution in [0.5, 0.6) is 5.75 Å². The van der Waals surface area contributed by atoms with Gasteiger partial charge in [-0.3, -0.25) is 4.79 Å². The molecule has 2 aliphatic heterocycles. The number of carbonyl (C=O) groups is 2. The topological polar surface area (TPSA) is 53.1 Å². The van der Waals surface area contributed by atoms with E-state index in [0.717, 1.165) is 17.7 Å². The van der Waals surface area contributed by atoms with E-state index >= 15 is 0 Å². The summed E-state index contributed by atoms with van der Waals surface area (Å²) in [6, 6.07) is 9.95. The fourth-order valence-corrected chi connectivity index (χ4v) is 5.32. The Labute approximate surface area is 223 Å². The average Bonchev–Trinajstić information content (AvgIpc) is 3.31. The van der Waals surface area contributed by atoms with Gasteiger partial charge in [0, 0.05) is 58.0 Å². The summed E-state index contributed by atoms with van der Waals surface area (Å²) >= 11 is 12.4. The lowest BCUT2D eigenvalue weighted by atomic mass is 9.85. The van der Waals surface area contributed by atoms with Gasteiger partial charge in [-0.15, -0.1) is 0 Å². The smallest absolute Gasteiger partial charge is 0.416 e. The number of urea groups is 1. The zero-order chi connectivity index (χ0) is 26.9. The normalized spacial score (nSPS) is 21.2. The highest BCUT2D eigenvalue weighted by Crippen LogP contribution is 2.39. The molecule has 0 radical (unpaired) electrons. The third-order valence-corrected chi connectivity index (χ3v) is 7.83. The zero-order valence-electron chi connectivity index (χ0n) is 20.5. The molecule has 0 spiro atoms. The lowest BCUT2D eigenvalue weighted by Gasteiger charge is -2.36. The molecule has 6 nitrogen and oxygen atoms in total. The molecule has 2 aromatic carbocycles. The second-order valence-corrected chi connectivity index (χ2v) is 10.3. The monoisotopic (exact) mass is 557 g/mol. The summed E-state index contributed by atoms with van der Waals surface area (Å²) < 4.78 is 45.6. The number of benzene rings is 2. The molecule has 2 unspecified atom stereocenters. The van der Waals surface area contributed by atoms with Crippen LogP contribution in [0, 0.1) is 5.92 Å². The number of hydrogen-bond acceptors (Lipinski definition) is 3. The standard InChI is InChI=1S/C26H28Cl2F3N3O3/c1-16(37-20-5-3-4-19(13-20)26(29,30)31)21-14-34(15-22(21)18-6-7-23(27)24(28)12-18)25(36)33-10-8-32(9-11-33)17(2)35/h3-7,12-13,16,21-22H,8-11,14-15H2,1-2H3/t16-,21?,22?/m1/s1. The summed E-state index contributed by atoms with van der Waals surface area (Å²) in [5, 5.41) is 0.791. The minimum atomic E-state index is -4.48. The van der Waals surface area contributed by atoms with E-state index in [2.05, 4.69) is 0 Å². The van der Waals surface area contributed by atoms with Gasteiger partial charge in [-0.25, -0.2) is 4.79 Å². The fourth-order valence-electron chi connectivity index (χ4n) is 5.02. The van der Waals surface area contributed by atoms with Crippen LogP contribution in [0.25, 0.3) is 0 Å². The first-order valence-electron chi connectivity index (χ1n) is 12.0. The van der Waals surface area contributed by atoms with Gasteiger partial charge in [0.05, 0.1) is 15.6 Å². The van der Waals surface area contributed by atoms with Crippen molar-refractivity contribution in [3.63, 3.8) is 0 Å². The predicted octanol–water partition coefficient (Wildman–Crippen LogP) is 5.78. The first-order valence-corrected chi connectivity index (χ1v) is 12.8. The lowest BCUT2D eigenvalue weighted by Crippen LogP contribution is -2.53. The summed E-state index contributed by atoms with van der Waals surface area (Å²) in [6.07, 6.45) is -4.98. The van der Waals surface area contributed by atoms with Crippen molar-refractivity contribution in [3.05, 3.63) is 63.6 Å². The van der Waals surface area contributed by atoms with Gasteiger partial charge in [0.1, 0.15) is 11.9 Å². The van der Waals surface area contributed by atoms with Gasteiger partial charge in [0.25, 0.3) is 0 Å². The fraction of sp³-hybridized carbons (Fsp3) is 0.462. The third-order valence-electron chi connectivity index (χ3n) is 7.09. The van der Waals surface area contributed by atoms with E-state index in [1.807, 2.05) is 6.07 Å². The van der Waals surface area contributed by atoms with Crippen LogP contribution in [0.4, 0.5) is 18.0 Å². The number of hydrogen-bond donors (Lipinski definition) is 0. The van der Waals surface area contributed by atoms with Crippen LogP contribution in [-0.2, 0) is 11.0 Å². The molecule has 0 aliphatic carbocycles. The largest absolute Gasteiger partial charge is 0.490 e. The van der Waals surface area contributed by atoms with Crippen LogP contribution in [0.15, 0.2) is 42.5 Å². The Morgan fingerprint density at radius 1 is 0.946 bits per heavy atom. The summed E-state index contributed by atoms with van der Waals surface area (Å²) in [7, 11) is 0. The van der Waals surface area contributed by atoms with Gasteiger partial charge in [-0.1, -0.05) is 35.3 Å². The van der Waals surface area contributed by atoms with E-state index in [1.165, 1.54) is 19.1 Å². The van der Waals surface area contributed by atoms with E-state index < -0.39 is 17.8 Å². The van der Waals surface area contributed by atoms with E-state index in [1.54, 1.807) is 33.8 Å². The molecular weight excluding hydrogens is 530 g/mol. The van der Waals surface area contributed by atoms with Gasteiger partial charge in [-0.05, 0) is 42.8 Å². The van der Waals surface area contributed by atoms with Crippen molar-refractivity contribution >= 4 is 35.1 Å². The van der Waals surface area contributed by atoms with Crippen molar-refractivity contribution in [2.24, 2.45) is 5.92 Å². The Hall–Kier alpha value is -2.65. The molecule has 37 heavy (non-hydrogen) atoms.